The Kier molecular flexibility index (Phi) is 4.68. The van der Waals surface area contributed by atoms with Gasteiger partial charge < -0.3 is 14.8 Å². The summed E-state index contributed by atoms with van der Waals surface area (Å²) in [6.45, 7) is 2.36. The van der Waals surface area contributed by atoms with Crippen LogP contribution in [-0.2, 0) is 11.8 Å². The smallest absolute Gasteiger partial charge is 0.270 e. The second-order valence-electron chi connectivity index (χ2n) is 7.04. The van der Waals surface area contributed by atoms with Crippen LogP contribution in [0.3, 0.4) is 0 Å². The van der Waals surface area contributed by atoms with E-state index in [9.17, 15) is 9.59 Å². The van der Waals surface area contributed by atoms with Crippen LogP contribution in [0.5, 0.6) is 0 Å². The van der Waals surface area contributed by atoms with E-state index < -0.39 is 0 Å². The monoisotopic (exact) mass is 378 g/mol. The molecule has 8 nitrogen and oxygen atoms in total. The molecule has 1 aromatic carbocycles. The SMILES string of the molecule is CC(=O)N[C@@H]1CN(C(=O)c2cccn2C)C[C@H]1c1nc(-c2ccccc2)n[nH]1. The van der Waals surface area contributed by atoms with Gasteiger partial charge in [0.15, 0.2) is 5.82 Å². The second-order valence-corrected chi connectivity index (χ2v) is 7.04. The number of benzene rings is 1. The fourth-order valence-corrected chi connectivity index (χ4v) is 3.66. The Balaban J connectivity index is 1.59. The van der Waals surface area contributed by atoms with E-state index in [-0.39, 0.29) is 23.8 Å². The minimum atomic E-state index is -0.224. The van der Waals surface area contributed by atoms with Crippen LogP contribution in [0.1, 0.15) is 29.2 Å². The van der Waals surface area contributed by atoms with Gasteiger partial charge in [-0.2, -0.15) is 5.10 Å². The third kappa shape index (κ3) is 3.40. The van der Waals surface area contributed by atoms with E-state index in [1.54, 1.807) is 15.5 Å². The lowest BCUT2D eigenvalue weighted by Crippen LogP contribution is -2.39. The number of carbonyl (C=O) groups is 2. The van der Waals surface area contributed by atoms with Crippen LogP contribution < -0.4 is 5.32 Å². The van der Waals surface area contributed by atoms with E-state index >= 15 is 0 Å². The van der Waals surface area contributed by atoms with Gasteiger partial charge in [0.05, 0.1) is 12.0 Å². The van der Waals surface area contributed by atoms with Crippen molar-refractivity contribution in [2.75, 3.05) is 13.1 Å². The molecule has 0 radical (unpaired) electrons. The molecule has 0 spiro atoms. The molecule has 1 aliphatic heterocycles. The van der Waals surface area contributed by atoms with Crippen molar-refractivity contribution in [1.82, 2.24) is 30.0 Å². The van der Waals surface area contributed by atoms with E-state index in [0.717, 1.165) is 5.56 Å². The van der Waals surface area contributed by atoms with Crippen molar-refractivity contribution in [2.45, 2.75) is 18.9 Å². The van der Waals surface area contributed by atoms with Gasteiger partial charge in [0, 0.05) is 38.8 Å². The maximum Gasteiger partial charge on any atom is 0.270 e. The zero-order valence-corrected chi connectivity index (χ0v) is 15.8. The Morgan fingerprint density at radius 3 is 2.61 bits per heavy atom. The molecular formula is C20H22N6O2. The van der Waals surface area contributed by atoms with E-state index in [4.69, 9.17) is 0 Å². The van der Waals surface area contributed by atoms with Gasteiger partial charge in [-0.1, -0.05) is 30.3 Å². The molecule has 144 valence electrons. The van der Waals surface area contributed by atoms with Crippen LogP contribution in [-0.4, -0.2) is 55.6 Å². The van der Waals surface area contributed by atoms with E-state index in [1.165, 1.54) is 6.92 Å². The number of amides is 2. The number of nitrogens with one attached hydrogen (secondary N) is 2. The third-order valence-corrected chi connectivity index (χ3v) is 5.04. The van der Waals surface area contributed by atoms with Crippen molar-refractivity contribution in [3.63, 3.8) is 0 Å². The molecule has 1 fully saturated rings. The summed E-state index contributed by atoms with van der Waals surface area (Å²) >= 11 is 0. The number of hydrogen-bond donors (Lipinski definition) is 2. The lowest BCUT2D eigenvalue weighted by atomic mass is 10.0. The first-order chi connectivity index (χ1) is 13.5. The van der Waals surface area contributed by atoms with Gasteiger partial charge >= 0.3 is 0 Å². The molecule has 1 saturated heterocycles. The number of carbonyl (C=O) groups excluding carboxylic acids is 2. The molecule has 4 rings (SSSR count). The first-order valence-electron chi connectivity index (χ1n) is 9.18. The molecule has 3 aromatic rings. The Morgan fingerprint density at radius 1 is 1.14 bits per heavy atom. The number of aryl methyl sites for hydroxylation is 1. The van der Waals surface area contributed by atoms with Crippen molar-refractivity contribution in [3.8, 4) is 11.4 Å². The van der Waals surface area contributed by atoms with E-state index in [2.05, 4.69) is 20.5 Å². The summed E-state index contributed by atoms with van der Waals surface area (Å²) in [6.07, 6.45) is 1.84. The average Bonchev–Trinajstić information content (AvgIpc) is 3.41. The summed E-state index contributed by atoms with van der Waals surface area (Å²) in [5, 5.41) is 10.3. The maximum atomic E-state index is 12.9. The highest BCUT2D eigenvalue weighted by Crippen LogP contribution is 2.28. The standard InChI is InChI=1S/C20H22N6O2/c1-13(27)21-16-12-26(20(28)17-9-6-10-25(17)2)11-15(16)19-22-18(23-24-19)14-7-4-3-5-8-14/h3-10,15-16H,11-12H2,1-2H3,(H,21,27)(H,22,23,24)/t15-,16-/m1/s1. The molecule has 28 heavy (non-hydrogen) atoms. The molecule has 1 aliphatic rings. The number of aromatic nitrogens is 4. The van der Waals surface area contributed by atoms with Crippen LogP contribution >= 0.6 is 0 Å². The molecule has 2 atom stereocenters. The van der Waals surface area contributed by atoms with E-state index in [0.29, 0.717) is 30.4 Å². The number of hydrogen-bond acceptors (Lipinski definition) is 4. The Labute approximate surface area is 162 Å². The maximum absolute atomic E-state index is 12.9. The minimum absolute atomic E-state index is 0.0619. The molecule has 0 saturated carbocycles. The number of nitrogens with zero attached hydrogens (tertiary/aromatic N) is 4. The second kappa shape index (κ2) is 7.30. The Hall–Kier alpha value is -3.42. The van der Waals surface area contributed by atoms with E-state index in [1.807, 2.05) is 49.6 Å². The van der Waals surface area contributed by atoms with Gasteiger partial charge in [-0.05, 0) is 12.1 Å². The first kappa shape index (κ1) is 18.0. The first-order valence-corrected chi connectivity index (χ1v) is 9.18. The van der Waals surface area contributed by atoms with Gasteiger partial charge in [-0.3, -0.25) is 14.7 Å². The normalized spacial score (nSPS) is 19.0. The highest BCUT2D eigenvalue weighted by Gasteiger charge is 2.39. The van der Waals surface area contributed by atoms with Gasteiger partial charge in [0.1, 0.15) is 11.5 Å². The highest BCUT2D eigenvalue weighted by molar-refractivity contribution is 5.93. The molecule has 2 N–H and O–H groups in total. The fraction of sp³-hybridized carbons (Fsp3) is 0.300. The lowest BCUT2D eigenvalue weighted by Gasteiger charge is -2.17. The molecule has 2 aromatic heterocycles. The summed E-state index contributed by atoms with van der Waals surface area (Å²) in [4.78, 5) is 31.0. The molecule has 0 bridgehead atoms. The Morgan fingerprint density at radius 2 is 1.93 bits per heavy atom. The summed E-state index contributed by atoms with van der Waals surface area (Å²) in [5.74, 6) is 0.918. The van der Waals surface area contributed by atoms with Gasteiger partial charge in [-0.25, -0.2) is 4.98 Å². The summed E-state index contributed by atoms with van der Waals surface area (Å²) in [5.41, 5.74) is 1.53. The van der Waals surface area contributed by atoms with Crippen molar-refractivity contribution >= 4 is 11.8 Å². The zero-order valence-electron chi connectivity index (χ0n) is 15.8. The average molecular weight is 378 g/mol. The van der Waals surface area contributed by atoms with Crippen LogP contribution in [0.25, 0.3) is 11.4 Å². The third-order valence-electron chi connectivity index (χ3n) is 5.04. The molecule has 8 heteroatoms. The molecule has 0 aliphatic carbocycles. The summed E-state index contributed by atoms with van der Waals surface area (Å²) in [6, 6.07) is 13.1. The predicted molar refractivity (Wildman–Crippen MR) is 103 cm³/mol. The minimum Gasteiger partial charge on any atom is -0.351 e. The van der Waals surface area contributed by atoms with Crippen LogP contribution in [0, 0.1) is 0 Å². The van der Waals surface area contributed by atoms with Crippen LogP contribution in [0.4, 0.5) is 0 Å². The lowest BCUT2D eigenvalue weighted by molar-refractivity contribution is -0.119. The summed E-state index contributed by atoms with van der Waals surface area (Å²) < 4.78 is 1.80. The highest BCUT2D eigenvalue weighted by atomic mass is 16.2. The van der Waals surface area contributed by atoms with Crippen LogP contribution in [0.15, 0.2) is 48.7 Å². The van der Waals surface area contributed by atoms with Gasteiger partial charge in [-0.15, -0.1) is 0 Å². The van der Waals surface area contributed by atoms with Gasteiger partial charge in [0.25, 0.3) is 5.91 Å². The molecule has 0 unspecified atom stereocenters. The Bertz CT molecular complexity index is 993. The topological polar surface area (TPSA) is 95.9 Å². The molecule has 3 heterocycles. The number of rotatable bonds is 4. The van der Waals surface area contributed by atoms with Crippen LogP contribution in [0.2, 0.25) is 0 Å². The largest absolute Gasteiger partial charge is 0.351 e. The quantitative estimate of drug-likeness (QED) is 0.720. The molecule has 2 amide bonds. The fourth-order valence-electron chi connectivity index (χ4n) is 3.66. The van der Waals surface area contributed by atoms with Crippen molar-refractivity contribution in [1.29, 1.82) is 0 Å². The van der Waals surface area contributed by atoms with Crippen molar-refractivity contribution < 1.29 is 9.59 Å². The summed E-state index contributed by atoms with van der Waals surface area (Å²) in [7, 11) is 1.84. The predicted octanol–water partition coefficient (Wildman–Crippen LogP) is 1.55. The van der Waals surface area contributed by atoms with Crippen molar-refractivity contribution in [2.24, 2.45) is 7.05 Å². The number of likely N-dealkylation sites (tertiary alicyclic amines) is 1. The van der Waals surface area contributed by atoms with Crippen molar-refractivity contribution in [3.05, 3.63) is 60.2 Å². The number of aromatic amines is 1. The number of H-pyrrole nitrogens is 1. The zero-order chi connectivity index (χ0) is 19.7. The van der Waals surface area contributed by atoms with Gasteiger partial charge in [0.2, 0.25) is 5.91 Å². The molecular weight excluding hydrogens is 356 g/mol.